The Bertz CT molecular complexity index is 895. The monoisotopic (exact) mass is 324 g/mol. The first-order chi connectivity index (χ1) is 11.6. The Morgan fingerprint density at radius 3 is 2.71 bits per heavy atom. The fourth-order valence-corrected chi connectivity index (χ4v) is 2.50. The molecule has 1 aromatic heterocycles. The number of para-hydroxylation sites is 1. The summed E-state index contributed by atoms with van der Waals surface area (Å²) in [6.45, 7) is 1.79. The third-order valence-electron chi connectivity index (χ3n) is 3.85. The van der Waals surface area contributed by atoms with Crippen LogP contribution in [0.4, 0.5) is 4.39 Å². The van der Waals surface area contributed by atoms with E-state index >= 15 is 0 Å². The smallest absolute Gasteiger partial charge is 0.270 e. The van der Waals surface area contributed by atoms with Crippen LogP contribution in [0.2, 0.25) is 0 Å². The van der Waals surface area contributed by atoms with Crippen molar-refractivity contribution in [1.29, 1.82) is 0 Å². The average Bonchev–Trinajstić information content (AvgIpc) is 2.61. The van der Waals surface area contributed by atoms with Gasteiger partial charge in [-0.1, -0.05) is 30.3 Å². The van der Waals surface area contributed by atoms with Crippen molar-refractivity contribution in [3.63, 3.8) is 0 Å². The number of fused-ring (bicyclic) bond motifs is 1. The quantitative estimate of drug-likeness (QED) is 0.792. The van der Waals surface area contributed by atoms with E-state index in [0.29, 0.717) is 11.3 Å². The van der Waals surface area contributed by atoms with Gasteiger partial charge in [-0.15, -0.1) is 0 Å². The van der Waals surface area contributed by atoms with Crippen molar-refractivity contribution >= 4 is 16.8 Å². The summed E-state index contributed by atoms with van der Waals surface area (Å²) >= 11 is 0. The highest BCUT2D eigenvalue weighted by atomic mass is 19.1. The standard InChI is InChI=1S/C19H17FN2O2/c1-12(14-8-10-18(24-2)15(20)11-14)21-19(23)17-9-7-13-5-3-4-6-16(13)22-17/h3-12H,1-2H3,(H,21,23)/t12-/m1/s1. The number of nitrogens with zero attached hydrogens (tertiary/aromatic N) is 1. The van der Waals surface area contributed by atoms with E-state index in [1.165, 1.54) is 13.2 Å². The third kappa shape index (κ3) is 3.20. The van der Waals surface area contributed by atoms with Crippen molar-refractivity contribution < 1.29 is 13.9 Å². The third-order valence-corrected chi connectivity index (χ3v) is 3.85. The van der Waals surface area contributed by atoms with Gasteiger partial charge in [-0.05, 0) is 36.8 Å². The molecule has 0 saturated carbocycles. The highest BCUT2D eigenvalue weighted by Gasteiger charge is 2.14. The molecule has 0 radical (unpaired) electrons. The number of hydrogen-bond donors (Lipinski definition) is 1. The largest absolute Gasteiger partial charge is 0.494 e. The number of amides is 1. The second-order valence-electron chi connectivity index (χ2n) is 5.48. The zero-order valence-corrected chi connectivity index (χ0v) is 13.4. The number of nitrogens with one attached hydrogen (secondary N) is 1. The molecule has 0 saturated heterocycles. The van der Waals surface area contributed by atoms with Crippen LogP contribution in [-0.4, -0.2) is 18.0 Å². The Morgan fingerprint density at radius 2 is 1.96 bits per heavy atom. The number of hydrogen-bond acceptors (Lipinski definition) is 3. The van der Waals surface area contributed by atoms with Crippen molar-refractivity contribution in [2.24, 2.45) is 0 Å². The van der Waals surface area contributed by atoms with Crippen molar-refractivity contribution in [3.05, 3.63) is 71.7 Å². The second kappa shape index (κ2) is 6.66. The molecule has 0 unspecified atom stereocenters. The molecule has 1 amide bonds. The van der Waals surface area contributed by atoms with Crippen molar-refractivity contribution in [3.8, 4) is 5.75 Å². The number of aromatic nitrogens is 1. The molecule has 5 heteroatoms. The Labute approximate surface area is 139 Å². The Morgan fingerprint density at radius 1 is 1.17 bits per heavy atom. The fourth-order valence-electron chi connectivity index (χ4n) is 2.50. The van der Waals surface area contributed by atoms with Crippen LogP contribution in [0.25, 0.3) is 10.9 Å². The molecule has 0 bridgehead atoms. The minimum absolute atomic E-state index is 0.175. The molecule has 3 aromatic rings. The fraction of sp³-hybridized carbons (Fsp3) is 0.158. The van der Waals surface area contributed by atoms with Gasteiger partial charge < -0.3 is 10.1 Å². The van der Waals surface area contributed by atoms with Gasteiger partial charge in [-0.25, -0.2) is 9.37 Å². The maximum absolute atomic E-state index is 13.8. The van der Waals surface area contributed by atoms with E-state index in [0.717, 1.165) is 10.9 Å². The second-order valence-corrected chi connectivity index (χ2v) is 5.48. The van der Waals surface area contributed by atoms with Crippen molar-refractivity contribution in [2.75, 3.05) is 7.11 Å². The lowest BCUT2D eigenvalue weighted by Crippen LogP contribution is -2.27. The predicted octanol–water partition coefficient (Wildman–Crippen LogP) is 3.87. The lowest BCUT2D eigenvalue weighted by atomic mass is 10.1. The summed E-state index contributed by atoms with van der Waals surface area (Å²) in [7, 11) is 1.41. The first kappa shape index (κ1) is 15.9. The highest BCUT2D eigenvalue weighted by Crippen LogP contribution is 2.22. The number of halogens is 1. The molecule has 1 N–H and O–H groups in total. The van der Waals surface area contributed by atoms with E-state index in [4.69, 9.17) is 4.74 Å². The van der Waals surface area contributed by atoms with Crippen LogP contribution in [0.1, 0.15) is 29.0 Å². The summed E-state index contributed by atoms with van der Waals surface area (Å²) in [6, 6.07) is 15.4. The first-order valence-electron chi connectivity index (χ1n) is 7.58. The number of rotatable bonds is 4. The van der Waals surface area contributed by atoms with Crippen LogP contribution in [0, 0.1) is 5.82 Å². The molecule has 0 aliphatic rings. The summed E-state index contributed by atoms with van der Waals surface area (Å²) in [5, 5.41) is 3.80. The molecular formula is C19H17FN2O2. The lowest BCUT2D eigenvalue weighted by Gasteiger charge is -2.15. The predicted molar refractivity (Wildman–Crippen MR) is 90.6 cm³/mol. The van der Waals surface area contributed by atoms with Gasteiger partial charge in [-0.3, -0.25) is 4.79 Å². The van der Waals surface area contributed by atoms with Gasteiger partial charge in [0.05, 0.1) is 18.7 Å². The Kier molecular flexibility index (Phi) is 4.42. The summed E-state index contributed by atoms with van der Waals surface area (Å²) in [6.07, 6.45) is 0. The van der Waals surface area contributed by atoms with Crippen LogP contribution in [0.5, 0.6) is 5.75 Å². The van der Waals surface area contributed by atoms with Gasteiger partial charge in [-0.2, -0.15) is 0 Å². The number of benzene rings is 2. The van der Waals surface area contributed by atoms with E-state index in [1.54, 1.807) is 25.1 Å². The number of ether oxygens (including phenoxy) is 1. The summed E-state index contributed by atoms with van der Waals surface area (Å²) in [5.41, 5.74) is 1.74. The van der Waals surface area contributed by atoms with Crippen LogP contribution in [0.3, 0.4) is 0 Å². The Hall–Kier alpha value is -2.95. The van der Waals surface area contributed by atoms with Gasteiger partial charge in [0.1, 0.15) is 5.69 Å². The van der Waals surface area contributed by atoms with Gasteiger partial charge >= 0.3 is 0 Å². The molecule has 3 rings (SSSR count). The van der Waals surface area contributed by atoms with Crippen LogP contribution < -0.4 is 10.1 Å². The summed E-state index contributed by atoms with van der Waals surface area (Å²) in [4.78, 5) is 16.7. The molecular weight excluding hydrogens is 307 g/mol. The van der Waals surface area contributed by atoms with Crippen LogP contribution in [0.15, 0.2) is 54.6 Å². The van der Waals surface area contributed by atoms with Crippen LogP contribution in [-0.2, 0) is 0 Å². The van der Waals surface area contributed by atoms with Gasteiger partial charge in [0.2, 0.25) is 0 Å². The van der Waals surface area contributed by atoms with Gasteiger partial charge in [0.15, 0.2) is 11.6 Å². The van der Waals surface area contributed by atoms with Gasteiger partial charge in [0, 0.05) is 5.39 Å². The molecule has 1 heterocycles. The van der Waals surface area contributed by atoms with E-state index < -0.39 is 5.82 Å². The van der Waals surface area contributed by atoms with Gasteiger partial charge in [0.25, 0.3) is 5.91 Å². The minimum atomic E-state index is -0.458. The summed E-state index contributed by atoms with van der Waals surface area (Å²) in [5.74, 6) is -0.585. The summed E-state index contributed by atoms with van der Waals surface area (Å²) < 4.78 is 18.7. The Balaban J connectivity index is 1.78. The number of carbonyl (C=O) groups is 1. The molecule has 0 aliphatic heterocycles. The van der Waals surface area contributed by atoms with E-state index in [9.17, 15) is 9.18 Å². The molecule has 1 atom stereocenters. The molecule has 2 aromatic carbocycles. The SMILES string of the molecule is COc1ccc([C@@H](C)NC(=O)c2ccc3ccccc3n2)cc1F. The maximum Gasteiger partial charge on any atom is 0.270 e. The molecule has 122 valence electrons. The number of pyridine rings is 1. The zero-order chi connectivity index (χ0) is 17.1. The van der Waals surface area contributed by atoms with E-state index in [-0.39, 0.29) is 17.7 Å². The lowest BCUT2D eigenvalue weighted by molar-refractivity contribution is 0.0935. The molecule has 24 heavy (non-hydrogen) atoms. The van der Waals surface area contributed by atoms with Crippen LogP contribution >= 0.6 is 0 Å². The van der Waals surface area contributed by atoms with Crippen molar-refractivity contribution in [2.45, 2.75) is 13.0 Å². The molecule has 0 fully saturated rings. The zero-order valence-electron chi connectivity index (χ0n) is 13.4. The average molecular weight is 324 g/mol. The van der Waals surface area contributed by atoms with E-state index in [2.05, 4.69) is 10.3 Å². The first-order valence-corrected chi connectivity index (χ1v) is 7.58. The van der Waals surface area contributed by atoms with E-state index in [1.807, 2.05) is 30.3 Å². The highest BCUT2D eigenvalue weighted by molar-refractivity contribution is 5.95. The molecule has 0 spiro atoms. The number of carbonyl (C=O) groups excluding carboxylic acids is 1. The van der Waals surface area contributed by atoms with Crippen molar-refractivity contribution in [1.82, 2.24) is 10.3 Å². The topological polar surface area (TPSA) is 51.2 Å². The molecule has 0 aliphatic carbocycles. The maximum atomic E-state index is 13.8. The number of methoxy groups -OCH3 is 1. The minimum Gasteiger partial charge on any atom is -0.494 e. The normalized spacial score (nSPS) is 12.0. The molecule has 4 nitrogen and oxygen atoms in total.